The second-order valence-corrected chi connectivity index (χ2v) is 5.22. The monoisotopic (exact) mass is 349 g/mol. The summed E-state index contributed by atoms with van der Waals surface area (Å²) in [6.45, 7) is 0. The van der Waals surface area contributed by atoms with Crippen LogP contribution in [0.15, 0.2) is 33.4 Å². The van der Waals surface area contributed by atoms with E-state index in [2.05, 4.69) is 15.9 Å². The number of rotatable bonds is 3. The van der Waals surface area contributed by atoms with Crippen LogP contribution in [0, 0.1) is 0 Å². The van der Waals surface area contributed by atoms with Gasteiger partial charge in [-0.05, 0) is 56.0 Å². The molecule has 98 valence electrons. The van der Waals surface area contributed by atoms with Crippen LogP contribution in [0.1, 0.15) is 17.2 Å². The number of aromatic hydroxyl groups is 1. The molecule has 1 aromatic carbocycles. The highest BCUT2D eigenvalue weighted by molar-refractivity contribution is 9.10. The number of hydrogen-bond donors (Lipinski definition) is 2. The van der Waals surface area contributed by atoms with E-state index in [1.54, 1.807) is 23.5 Å². The van der Waals surface area contributed by atoms with Crippen molar-refractivity contribution in [3.05, 3.63) is 44.6 Å². The van der Waals surface area contributed by atoms with Crippen molar-refractivity contribution in [3.63, 3.8) is 0 Å². The molecular formula is C12H13BrClNO2S. The van der Waals surface area contributed by atoms with E-state index in [4.69, 9.17) is 10.5 Å². The Morgan fingerprint density at radius 3 is 2.67 bits per heavy atom. The zero-order valence-corrected chi connectivity index (χ0v) is 12.8. The topological polar surface area (TPSA) is 55.5 Å². The van der Waals surface area contributed by atoms with Crippen LogP contribution in [0.5, 0.6) is 11.5 Å². The van der Waals surface area contributed by atoms with Crippen LogP contribution in [0.3, 0.4) is 0 Å². The van der Waals surface area contributed by atoms with Gasteiger partial charge < -0.3 is 15.6 Å². The van der Waals surface area contributed by atoms with Gasteiger partial charge in [0, 0.05) is 0 Å². The lowest BCUT2D eigenvalue weighted by atomic mass is 10.0. The van der Waals surface area contributed by atoms with Gasteiger partial charge in [-0.3, -0.25) is 0 Å². The number of phenolic OH excluding ortho intramolecular Hbond substituents is 1. The quantitative estimate of drug-likeness (QED) is 0.887. The highest BCUT2D eigenvalue weighted by Gasteiger charge is 2.14. The number of methoxy groups -OCH3 is 1. The Labute approximate surface area is 124 Å². The molecule has 2 aromatic rings. The summed E-state index contributed by atoms with van der Waals surface area (Å²) in [7, 11) is 1.52. The van der Waals surface area contributed by atoms with Crippen molar-refractivity contribution in [1.82, 2.24) is 0 Å². The molecule has 0 unspecified atom stereocenters. The summed E-state index contributed by atoms with van der Waals surface area (Å²) in [5.41, 5.74) is 8.10. The van der Waals surface area contributed by atoms with Gasteiger partial charge >= 0.3 is 0 Å². The van der Waals surface area contributed by atoms with E-state index in [-0.39, 0.29) is 24.2 Å². The Balaban J connectivity index is 0.00000162. The van der Waals surface area contributed by atoms with Crippen molar-refractivity contribution in [1.29, 1.82) is 0 Å². The van der Waals surface area contributed by atoms with E-state index in [1.807, 2.05) is 16.8 Å². The lowest BCUT2D eigenvalue weighted by Gasteiger charge is -2.14. The molecule has 1 aromatic heterocycles. The third-order valence-electron chi connectivity index (χ3n) is 2.53. The minimum atomic E-state index is -0.216. The molecule has 0 spiro atoms. The first-order chi connectivity index (χ1) is 8.13. The normalized spacial score (nSPS) is 11.7. The molecule has 6 heteroatoms. The van der Waals surface area contributed by atoms with Crippen molar-refractivity contribution in [2.24, 2.45) is 5.73 Å². The largest absolute Gasteiger partial charge is 0.503 e. The van der Waals surface area contributed by atoms with Gasteiger partial charge in [0.25, 0.3) is 0 Å². The first kappa shape index (κ1) is 15.3. The summed E-state index contributed by atoms with van der Waals surface area (Å²) >= 11 is 4.89. The molecule has 0 fully saturated rings. The summed E-state index contributed by atoms with van der Waals surface area (Å²) < 4.78 is 5.68. The predicted octanol–water partition coefficient (Wildman–Crippen LogP) is 3.69. The van der Waals surface area contributed by atoms with Crippen LogP contribution in [0.4, 0.5) is 0 Å². The molecular weight excluding hydrogens is 338 g/mol. The number of hydrogen-bond acceptors (Lipinski definition) is 4. The smallest absolute Gasteiger partial charge is 0.172 e. The van der Waals surface area contributed by atoms with Crippen LogP contribution in [0.25, 0.3) is 0 Å². The van der Waals surface area contributed by atoms with Crippen molar-refractivity contribution in [2.45, 2.75) is 6.04 Å². The Morgan fingerprint density at radius 2 is 2.11 bits per heavy atom. The van der Waals surface area contributed by atoms with Gasteiger partial charge in [0.2, 0.25) is 0 Å². The zero-order valence-electron chi connectivity index (χ0n) is 9.59. The van der Waals surface area contributed by atoms with E-state index in [0.29, 0.717) is 10.2 Å². The summed E-state index contributed by atoms with van der Waals surface area (Å²) in [4.78, 5) is 0. The minimum absolute atomic E-state index is 0. The van der Waals surface area contributed by atoms with E-state index in [0.717, 1.165) is 11.1 Å². The average Bonchev–Trinajstić information content (AvgIpc) is 2.85. The molecule has 0 amide bonds. The molecule has 18 heavy (non-hydrogen) atoms. The molecule has 2 rings (SSSR count). The Hall–Kier alpha value is -0.750. The fourth-order valence-corrected chi connectivity index (χ4v) is 2.73. The lowest BCUT2D eigenvalue weighted by molar-refractivity contribution is 0.371. The number of ether oxygens (including phenoxy) is 1. The molecule has 3 nitrogen and oxygen atoms in total. The fourth-order valence-electron chi connectivity index (χ4n) is 1.57. The van der Waals surface area contributed by atoms with E-state index >= 15 is 0 Å². The second-order valence-electron chi connectivity index (χ2n) is 3.59. The summed E-state index contributed by atoms with van der Waals surface area (Å²) in [6, 6.07) is 5.33. The number of nitrogens with two attached hydrogens (primary N) is 1. The molecule has 3 N–H and O–H groups in total. The number of benzene rings is 1. The van der Waals surface area contributed by atoms with Crippen LogP contribution >= 0.6 is 39.7 Å². The maximum atomic E-state index is 9.72. The second kappa shape index (κ2) is 6.43. The van der Waals surface area contributed by atoms with Crippen molar-refractivity contribution >= 4 is 39.7 Å². The van der Waals surface area contributed by atoms with Crippen LogP contribution in [-0.2, 0) is 0 Å². The van der Waals surface area contributed by atoms with Gasteiger partial charge in [0.05, 0.1) is 17.6 Å². The minimum Gasteiger partial charge on any atom is -0.503 e. The first-order valence-electron chi connectivity index (χ1n) is 4.97. The highest BCUT2D eigenvalue weighted by atomic mass is 79.9. The van der Waals surface area contributed by atoms with Gasteiger partial charge in [0.15, 0.2) is 11.5 Å². The average molecular weight is 351 g/mol. The maximum Gasteiger partial charge on any atom is 0.172 e. The van der Waals surface area contributed by atoms with E-state index in [9.17, 15) is 5.11 Å². The van der Waals surface area contributed by atoms with E-state index < -0.39 is 0 Å². The molecule has 0 bridgehead atoms. The molecule has 0 aliphatic rings. The zero-order chi connectivity index (χ0) is 12.4. The van der Waals surface area contributed by atoms with Gasteiger partial charge in [-0.2, -0.15) is 11.3 Å². The first-order valence-corrected chi connectivity index (χ1v) is 6.71. The fraction of sp³-hybridized carbons (Fsp3) is 0.167. The van der Waals surface area contributed by atoms with Gasteiger partial charge in [-0.15, -0.1) is 12.4 Å². The molecule has 0 radical (unpaired) electrons. The molecule has 1 atom stereocenters. The van der Waals surface area contributed by atoms with Crippen molar-refractivity contribution in [2.75, 3.05) is 7.11 Å². The third kappa shape index (κ3) is 2.98. The van der Waals surface area contributed by atoms with Crippen molar-refractivity contribution < 1.29 is 9.84 Å². The van der Waals surface area contributed by atoms with Crippen LogP contribution in [-0.4, -0.2) is 12.2 Å². The predicted molar refractivity (Wildman–Crippen MR) is 80.0 cm³/mol. The number of phenols is 1. The SMILES string of the molecule is COc1cc([C@H](N)c2ccsc2)cc(Br)c1O.Cl. The van der Waals surface area contributed by atoms with Gasteiger partial charge in [-0.25, -0.2) is 0 Å². The number of thiophene rings is 1. The van der Waals surface area contributed by atoms with E-state index in [1.165, 1.54) is 7.11 Å². The Bertz CT molecular complexity index is 519. The summed E-state index contributed by atoms with van der Waals surface area (Å²) in [5.74, 6) is 0.508. The lowest BCUT2D eigenvalue weighted by Crippen LogP contribution is -2.11. The summed E-state index contributed by atoms with van der Waals surface area (Å²) in [5, 5.41) is 13.7. The molecule has 0 saturated carbocycles. The van der Waals surface area contributed by atoms with Crippen molar-refractivity contribution in [3.8, 4) is 11.5 Å². The molecule has 1 heterocycles. The number of halogens is 2. The van der Waals surface area contributed by atoms with Gasteiger partial charge in [-0.1, -0.05) is 0 Å². The Morgan fingerprint density at radius 1 is 1.39 bits per heavy atom. The van der Waals surface area contributed by atoms with Crippen LogP contribution in [0.2, 0.25) is 0 Å². The van der Waals surface area contributed by atoms with Gasteiger partial charge in [0.1, 0.15) is 0 Å². The summed E-state index contributed by atoms with van der Waals surface area (Å²) in [6.07, 6.45) is 0. The third-order valence-corrected chi connectivity index (χ3v) is 3.84. The molecule has 0 saturated heterocycles. The molecule has 0 aliphatic heterocycles. The van der Waals surface area contributed by atoms with Crippen LogP contribution < -0.4 is 10.5 Å². The maximum absolute atomic E-state index is 9.72. The standard InChI is InChI=1S/C12H12BrNO2S.ClH/c1-16-10-5-8(4-9(13)12(10)15)11(14)7-2-3-17-6-7;/h2-6,11,15H,14H2,1H3;1H/t11-;/m1./s1. The highest BCUT2D eigenvalue weighted by Crippen LogP contribution is 2.37. The Kier molecular flexibility index (Phi) is 5.47. The molecule has 0 aliphatic carbocycles.